The zero-order valence-electron chi connectivity index (χ0n) is 22.8. The van der Waals surface area contributed by atoms with Crippen LogP contribution in [-0.2, 0) is 26.2 Å². The summed E-state index contributed by atoms with van der Waals surface area (Å²) in [7, 11) is 1.94. The van der Waals surface area contributed by atoms with Crippen molar-refractivity contribution in [1.29, 1.82) is 0 Å². The van der Waals surface area contributed by atoms with E-state index in [2.05, 4.69) is 10.6 Å². The maximum absolute atomic E-state index is 13.8. The lowest BCUT2D eigenvalue weighted by Crippen LogP contribution is -2.55. The van der Waals surface area contributed by atoms with E-state index < -0.39 is 11.5 Å². The van der Waals surface area contributed by atoms with Crippen molar-refractivity contribution in [2.45, 2.75) is 75.9 Å². The van der Waals surface area contributed by atoms with Crippen LogP contribution in [0.1, 0.15) is 57.1 Å². The van der Waals surface area contributed by atoms with Crippen molar-refractivity contribution in [3.05, 3.63) is 65.7 Å². The highest BCUT2D eigenvalue weighted by atomic mass is 16.2. The van der Waals surface area contributed by atoms with Crippen LogP contribution in [0, 0.1) is 5.92 Å². The minimum atomic E-state index is -0.594. The maximum Gasteiger partial charge on any atom is 0.245 e. The lowest BCUT2D eigenvalue weighted by molar-refractivity contribution is -0.138. The number of anilines is 1. The Kier molecular flexibility index (Phi) is 7.57. The van der Waals surface area contributed by atoms with E-state index in [0.29, 0.717) is 25.6 Å². The fraction of sp³-hybridized carbons (Fsp3) is 0.516. The Labute approximate surface area is 226 Å². The fourth-order valence-electron chi connectivity index (χ4n) is 6.49. The molecule has 0 unspecified atom stereocenters. The number of para-hydroxylation sites is 1. The highest BCUT2D eigenvalue weighted by molar-refractivity contribution is 6.08. The van der Waals surface area contributed by atoms with Crippen molar-refractivity contribution in [2.75, 3.05) is 25.0 Å². The van der Waals surface area contributed by atoms with Crippen LogP contribution >= 0.6 is 0 Å². The number of hydrogen-bond acceptors (Lipinski definition) is 4. The van der Waals surface area contributed by atoms with Gasteiger partial charge in [-0.05, 0) is 70.2 Å². The van der Waals surface area contributed by atoms with Crippen molar-refractivity contribution in [3.8, 4) is 0 Å². The zero-order valence-corrected chi connectivity index (χ0v) is 22.8. The number of carbonyl (C=O) groups is 3. The highest BCUT2D eigenvalue weighted by Gasteiger charge is 2.47. The largest absolute Gasteiger partial charge is 0.344 e. The molecule has 202 valence electrons. The quantitative estimate of drug-likeness (QED) is 0.591. The number of rotatable bonds is 7. The number of piperidine rings is 1. The summed E-state index contributed by atoms with van der Waals surface area (Å²) in [6.07, 6.45) is 4.55. The fourth-order valence-corrected chi connectivity index (χ4v) is 6.49. The third-order valence-corrected chi connectivity index (χ3v) is 8.84. The van der Waals surface area contributed by atoms with E-state index in [0.717, 1.165) is 48.9 Å². The van der Waals surface area contributed by atoms with E-state index in [-0.39, 0.29) is 29.7 Å². The zero-order chi connectivity index (χ0) is 26.9. The van der Waals surface area contributed by atoms with E-state index in [9.17, 15) is 14.4 Å². The monoisotopic (exact) mass is 516 g/mol. The van der Waals surface area contributed by atoms with Crippen LogP contribution in [0.4, 0.5) is 5.69 Å². The van der Waals surface area contributed by atoms with Gasteiger partial charge >= 0.3 is 0 Å². The first-order valence-electron chi connectivity index (χ1n) is 14.0. The molecule has 3 amide bonds. The molecule has 3 atom stereocenters. The summed E-state index contributed by atoms with van der Waals surface area (Å²) < 4.78 is 0. The van der Waals surface area contributed by atoms with Crippen LogP contribution in [0.25, 0.3) is 0 Å². The number of likely N-dealkylation sites (tertiary alicyclic amines) is 1. The lowest BCUT2D eigenvalue weighted by atomic mass is 9.86. The molecule has 38 heavy (non-hydrogen) atoms. The Morgan fingerprint density at radius 2 is 1.66 bits per heavy atom. The van der Waals surface area contributed by atoms with Crippen molar-refractivity contribution >= 4 is 23.4 Å². The van der Waals surface area contributed by atoms with Crippen LogP contribution in [-0.4, -0.2) is 60.9 Å². The van der Waals surface area contributed by atoms with Gasteiger partial charge in [0.2, 0.25) is 17.7 Å². The van der Waals surface area contributed by atoms with Gasteiger partial charge in [0.1, 0.15) is 6.04 Å². The second-order valence-electron chi connectivity index (χ2n) is 11.6. The Balaban J connectivity index is 1.27. The van der Waals surface area contributed by atoms with E-state index in [1.54, 1.807) is 0 Å². The van der Waals surface area contributed by atoms with Crippen molar-refractivity contribution in [2.24, 2.45) is 5.92 Å². The molecule has 5 rings (SSSR count). The minimum Gasteiger partial charge on any atom is -0.344 e. The summed E-state index contributed by atoms with van der Waals surface area (Å²) in [5, 5.41) is 6.40. The average Bonchev–Trinajstić information content (AvgIpc) is 3.50. The normalized spacial score (nSPS) is 23.8. The number of carbonyl (C=O) groups excluding carboxylic acids is 3. The molecule has 2 aromatic carbocycles. The predicted octanol–water partition coefficient (Wildman–Crippen LogP) is 3.42. The van der Waals surface area contributed by atoms with E-state index >= 15 is 0 Å². The predicted molar refractivity (Wildman–Crippen MR) is 149 cm³/mol. The Morgan fingerprint density at radius 3 is 2.34 bits per heavy atom. The Hall–Kier alpha value is -3.19. The van der Waals surface area contributed by atoms with Gasteiger partial charge in [0, 0.05) is 43.2 Å². The number of benzene rings is 2. The summed E-state index contributed by atoms with van der Waals surface area (Å²) >= 11 is 0. The molecule has 0 spiro atoms. The second-order valence-corrected chi connectivity index (χ2v) is 11.6. The SMILES string of the molecule is CN[C@@H]1CC[C@H](C(=O)N[C@@H](Cc2ccccc2)C(=O)N2CCC(N3C(=O)C(C)(C)c4ccccc43)CC2)C1. The molecule has 0 radical (unpaired) electrons. The molecule has 3 aliphatic rings. The molecule has 1 saturated heterocycles. The summed E-state index contributed by atoms with van der Waals surface area (Å²) in [5.41, 5.74) is 2.56. The van der Waals surface area contributed by atoms with E-state index in [1.165, 1.54) is 0 Å². The van der Waals surface area contributed by atoms with Gasteiger partial charge in [-0.15, -0.1) is 0 Å². The second kappa shape index (κ2) is 10.9. The molecule has 7 heteroatoms. The van der Waals surface area contributed by atoms with Gasteiger partial charge in [-0.25, -0.2) is 0 Å². The molecule has 2 heterocycles. The molecule has 1 saturated carbocycles. The first-order chi connectivity index (χ1) is 18.3. The molecule has 0 bridgehead atoms. The maximum atomic E-state index is 13.8. The first kappa shape index (κ1) is 26.4. The van der Waals surface area contributed by atoms with E-state index in [4.69, 9.17) is 0 Å². The number of fused-ring (bicyclic) bond motifs is 1. The molecular weight excluding hydrogens is 476 g/mol. The van der Waals surface area contributed by atoms with Gasteiger partial charge in [0.25, 0.3) is 0 Å². The smallest absolute Gasteiger partial charge is 0.245 e. The molecule has 7 nitrogen and oxygen atoms in total. The van der Waals surface area contributed by atoms with Crippen LogP contribution in [0.2, 0.25) is 0 Å². The summed E-state index contributed by atoms with van der Waals surface area (Å²) in [6, 6.07) is 17.8. The first-order valence-corrected chi connectivity index (χ1v) is 14.0. The van der Waals surface area contributed by atoms with Gasteiger partial charge in [-0.3, -0.25) is 14.4 Å². The van der Waals surface area contributed by atoms with Crippen molar-refractivity contribution < 1.29 is 14.4 Å². The van der Waals surface area contributed by atoms with Gasteiger partial charge in [0.05, 0.1) is 5.41 Å². The Bertz CT molecular complexity index is 1170. The molecular formula is C31H40N4O3. The van der Waals surface area contributed by atoms with Gasteiger partial charge < -0.3 is 20.4 Å². The summed E-state index contributed by atoms with van der Waals surface area (Å²) in [4.78, 5) is 44.2. The molecule has 2 N–H and O–H groups in total. The standard InChI is InChI=1S/C31H40N4O3/c1-31(2)25-11-7-8-12-27(25)35(30(31)38)24-15-17-34(18-16-24)29(37)26(19-21-9-5-4-6-10-21)33-28(36)22-13-14-23(20-22)32-3/h4-12,22-24,26,32H,13-20H2,1-3H3,(H,33,36)/t22-,23+,26-/m0/s1. The third-order valence-electron chi connectivity index (χ3n) is 8.84. The molecule has 1 aliphatic carbocycles. The van der Waals surface area contributed by atoms with Crippen LogP contribution in [0.3, 0.4) is 0 Å². The van der Waals surface area contributed by atoms with Crippen molar-refractivity contribution in [1.82, 2.24) is 15.5 Å². The number of nitrogens with zero attached hydrogens (tertiary/aromatic N) is 2. The molecule has 2 fully saturated rings. The highest BCUT2D eigenvalue weighted by Crippen LogP contribution is 2.43. The number of hydrogen-bond donors (Lipinski definition) is 2. The average molecular weight is 517 g/mol. The number of amides is 3. The minimum absolute atomic E-state index is 0.0200. The summed E-state index contributed by atoms with van der Waals surface area (Å²) in [6.45, 7) is 5.13. The van der Waals surface area contributed by atoms with Crippen LogP contribution in [0.15, 0.2) is 54.6 Å². The van der Waals surface area contributed by atoms with Gasteiger partial charge in [-0.1, -0.05) is 48.5 Å². The van der Waals surface area contributed by atoms with Gasteiger partial charge in [0.15, 0.2) is 0 Å². The third kappa shape index (κ3) is 5.08. The van der Waals surface area contributed by atoms with E-state index in [1.807, 2.05) is 85.3 Å². The number of nitrogens with one attached hydrogen (secondary N) is 2. The molecule has 2 aromatic rings. The van der Waals surface area contributed by atoms with Crippen molar-refractivity contribution in [3.63, 3.8) is 0 Å². The molecule has 0 aromatic heterocycles. The van der Waals surface area contributed by atoms with Crippen LogP contribution in [0.5, 0.6) is 0 Å². The lowest BCUT2D eigenvalue weighted by Gasteiger charge is -2.39. The topological polar surface area (TPSA) is 81.8 Å². The Morgan fingerprint density at radius 1 is 0.974 bits per heavy atom. The van der Waals surface area contributed by atoms with Crippen LogP contribution < -0.4 is 15.5 Å². The van der Waals surface area contributed by atoms with Gasteiger partial charge in [-0.2, -0.15) is 0 Å². The summed E-state index contributed by atoms with van der Waals surface area (Å²) in [5.74, 6) is 0.0219. The molecule has 2 aliphatic heterocycles.